The minimum Gasteiger partial charge on any atom is -0.490 e. The van der Waals surface area contributed by atoms with Crippen LogP contribution in [-0.4, -0.2) is 98.6 Å². The summed E-state index contributed by atoms with van der Waals surface area (Å²) in [5.74, 6) is -1.50. The van der Waals surface area contributed by atoms with Gasteiger partial charge in [-0.2, -0.15) is 13.2 Å². The number of hydrogen-bond acceptors (Lipinski definition) is 7. The second-order valence-electron chi connectivity index (χ2n) is 10.7. The van der Waals surface area contributed by atoms with E-state index in [4.69, 9.17) is 9.47 Å². The average Bonchev–Trinajstić information content (AvgIpc) is 2.88. The fourth-order valence-corrected chi connectivity index (χ4v) is 4.75. The summed E-state index contributed by atoms with van der Waals surface area (Å²) in [6.07, 6.45) is -4.20. The van der Waals surface area contributed by atoms with Gasteiger partial charge in [0.25, 0.3) is 5.91 Å². The standard InChI is InChI=1S/C27H42F3N3O7S/c1-18-15-33(19(2)17-34)26(36)22-14-21(31-25(35)11-12-27(28,29)30)9-10-23(22)40-20(3)8-6-7-13-39-24(18)16-32(4)41(5,37)38/h9-10,14,18-20,24,34H,6-8,11-13,15-17H2,1-5H3,(H,31,35)/t18-,19-,20+,24+/m0/s1. The molecule has 0 aliphatic carbocycles. The maximum atomic E-state index is 14.0. The number of alkyl halides is 3. The summed E-state index contributed by atoms with van der Waals surface area (Å²) in [4.78, 5) is 27.6. The largest absolute Gasteiger partial charge is 0.490 e. The number of carbonyl (C=O) groups excluding carboxylic acids is 2. The number of hydrogen-bond donors (Lipinski definition) is 2. The first-order valence-electron chi connectivity index (χ1n) is 13.6. The monoisotopic (exact) mass is 609 g/mol. The van der Waals surface area contributed by atoms with Crippen molar-refractivity contribution in [2.75, 3.05) is 44.9 Å². The Morgan fingerprint density at radius 1 is 1.27 bits per heavy atom. The first-order chi connectivity index (χ1) is 19.0. The Labute approximate surface area is 240 Å². The molecule has 1 heterocycles. The van der Waals surface area contributed by atoms with E-state index in [1.54, 1.807) is 6.92 Å². The lowest BCUT2D eigenvalue weighted by Gasteiger charge is -2.35. The number of aliphatic hydroxyl groups excluding tert-OH is 1. The van der Waals surface area contributed by atoms with Crippen LogP contribution in [0, 0.1) is 5.92 Å². The van der Waals surface area contributed by atoms with Crippen molar-refractivity contribution in [3.8, 4) is 5.75 Å². The lowest BCUT2D eigenvalue weighted by molar-refractivity contribution is -0.142. The molecular formula is C27H42F3N3O7S. The molecule has 1 aromatic carbocycles. The van der Waals surface area contributed by atoms with Crippen LogP contribution in [0.25, 0.3) is 0 Å². The van der Waals surface area contributed by atoms with Gasteiger partial charge in [-0.3, -0.25) is 9.59 Å². The highest BCUT2D eigenvalue weighted by atomic mass is 32.2. The van der Waals surface area contributed by atoms with Crippen LogP contribution >= 0.6 is 0 Å². The van der Waals surface area contributed by atoms with Gasteiger partial charge in [-0.05, 0) is 51.3 Å². The number of nitrogens with one attached hydrogen (secondary N) is 1. The number of benzene rings is 1. The van der Waals surface area contributed by atoms with Crippen molar-refractivity contribution in [1.29, 1.82) is 0 Å². The summed E-state index contributed by atoms with van der Waals surface area (Å²) in [6.45, 7) is 5.50. The van der Waals surface area contributed by atoms with Crippen LogP contribution in [0.3, 0.4) is 0 Å². The van der Waals surface area contributed by atoms with E-state index < -0.39 is 53.0 Å². The molecule has 0 spiro atoms. The molecule has 0 saturated carbocycles. The zero-order valence-corrected chi connectivity index (χ0v) is 25.1. The van der Waals surface area contributed by atoms with Crippen LogP contribution in [0.4, 0.5) is 18.9 Å². The number of halogens is 3. The van der Waals surface area contributed by atoms with E-state index >= 15 is 0 Å². The molecule has 234 valence electrons. The van der Waals surface area contributed by atoms with E-state index in [1.165, 1.54) is 34.5 Å². The summed E-state index contributed by atoms with van der Waals surface area (Å²) in [7, 11) is -2.03. The van der Waals surface area contributed by atoms with Gasteiger partial charge in [0.05, 0.1) is 43.1 Å². The van der Waals surface area contributed by atoms with E-state index in [1.807, 2.05) is 13.8 Å². The van der Waals surface area contributed by atoms with Gasteiger partial charge in [0.2, 0.25) is 15.9 Å². The molecule has 4 atom stereocenters. The highest BCUT2D eigenvalue weighted by Crippen LogP contribution is 2.29. The minimum absolute atomic E-state index is 0.0692. The molecule has 1 aromatic rings. The predicted octanol–water partition coefficient (Wildman–Crippen LogP) is 3.65. The molecule has 1 aliphatic rings. The second kappa shape index (κ2) is 15.2. The number of aliphatic hydroxyl groups is 1. The van der Waals surface area contributed by atoms with Gasteiger partial charge in [-0.15, -0.1) is 0 Å². The third kappa shape index (κ3) is 11.4. The smallest absolute Gasteiger partial charge is 0.389 e. The number of amides is 2. The summed E-state index contributed by atoms with van der Waals surface area (Å²) in [6, 6.07) is 3.66. The molecule has 14 heteroatoms. The Bertz CT molecular complexity index is 1130. The van der Waals surface area contributed by atoms with Gasteiger partial charge in [0.15, 0.2) is 0 Å². The molecule has 0 bridgehead atoms. The van der Waals surface area contributed by atoms with Gasteiger partial charge in [-0.1, -0.05) is 6.92 Å². The van der Waals surface area contributed by atoms with Gasteiger partial charge >= 0.3 is 6.18 Å². The summed E-state index contributed by atoms with van der Waals surface area (Å²) < 4.78 is 75.3. The molecule has 2 N–H and O–H groups in total. The molecule has 0 aromatic heterocycles. The van der Waals surface area contributed by atoms with E-state index in [0.29, 0.717) is 19.4 Å². The number of anilines is 1. The molecule has 10 nitrogen and oxygen atoms in total. The number of nitrogens with zero attached hydrogens (tertiary/aromatic N) is 2. The maximum Gasteiger partial charge on any atom is 0.389 e. The highest BCUT2D eigenvalue weighted by molar-refractivity contribution is 7.88. The van der Waals surface area contributed by atoms with Crippen molar-refractivity contribution >= 4 is 27.5 Å². The molecule has 0 radical (unpaired) electrons. The summed E-state index contributed by atoms with van der Waals surface area (Å²) in [5.41, 5.74) is 0.197. The lowest BCUT2D eigenvalue weighted by atomic mass is 10.0. The number of fused-ring (bicyclic) bond motifs is 1. The first-order valence-corrected chi connectivity index (χ1v) is 15.5. The summed E-state index contributed by atoms with van der Waals surface area (Å²) in [5, 5.41) is 12.4. The number of rotatable bonds is 8. The molecule has 0 unspecified atom stereocenters. The van der Waals surface area contributed by atoms with Gasteiger partial charge < -0.3 is 24.8 Å². The third-order valence-electron chi connectivity index (χ3n) is 6.97. The van der Waals surface area contributed by atoms with Crippen molar-refractivity contribution in [2.45, 2.75) is 77.3 Å². The normalized spacial score (nSPS) is 22.4. The molecular weight excluding hydrogens is 567 g/mol. The van der Waals surface area contributed by atoms with E-state index in [-0.39, 0.29) is 48.7 Å². The highest BCUT2D eigenvalue weighted by Gasteiger charge is 2.32. The van der Waals surface area contributed by atoms with Crippen LogP contribution < -0.4 is 10.1 Å². The first kappa shape index (κ1) is 34.8. The zero-order valence-electron chi connectivity index (χ0n) is 24.2. The molecule has 1 aliphatic heterocycles. The van der Waals surface area contributed by atoms with Gasteiger partial charge in [0, 0.05) is 44.8 Å². The minimum atomic E-state index is -4.48. The van der Waals surface area contributed by atoms with Crippen molar-refractivity contribution in [2.24, 2.45) is 5.92 Å². The number of sulfonamides is 1. The average molecular weight is 610 g/mol. The predicted molar refractivity (Wildman–Crippen MR) is 148 cm³/mol. The number of ether oxygens (including phenoxy) is 2. The Balaban J connectivity index is 2.46. The Hall–Kier alpha value is -2.42. The zero-order chi connectivity index (χ0) is 31.0. The molecule has 2 rings (SSSR count). The topological polar surface area (TPSA) is 125 Å². The Kier molecular flexibility index (Phi) is 12.9. The van der Waals surface area contributed by atoms with Crippen molar-refractivity contribution in [1.82, 2.24) is 9.21 Å². The fourth-order valence-electron chi connectivity index (χ4n) is 4.33. The summed E-state index contributed by atoms with van der Waals surface area (Å²) >= 11 is 0. The van der Waals surface area contributed by atoms with Crippen molar-refractivity contribution < 1.29 is 45.8 Å². The second-order valence-corrected chi connectivity index (χ2v) is 12.8. The van der Waals surface area contributed by atoms with E-state index in [2.05, 4.69) is 5.32 Å². The number of likely N-dealkylation sites (N-methyl/N-ethyl adjacent to an activating group) is 1. The van der Waals surface area contributed by atoms with Gasteiger partial charge in [-0.25, -0.2) is 12.7 Å². The fraction of sp³-hybridized carbons (Fsp3) is 0.704. The van der Waals surface area contributed by atoms with Gasteiger partial charge in [0.1, 0.15) is 5.75 Å². The molecule has 41 heavy (non-hydrogen) atoms. The number of carbonyl (C=O) groups is 2. The molecule has 2 amide bonds. The van der Waals surface area contributed by atoms with Crippen LogP contribution in [0.1, 0.15) is 63.2 Å². The maximum absolute atomic E-state index is 14.0. The van der Waals surface area contributed by atoms with Crippen LogP contribution in [0.15, 0.2) is 18.2 Å². The third-order valence-corrected chi connectivity index (χ3v) is 8.26. The van der Waals surface area contributed by atoms with Crippen molar-refractivity contribution in [3.63, 3.8) is 0 Å². The van der Waals surface area contributed by atoms with E-state index in [0.717, 1.165) is 12.7 Å². The van der Waals surface area contributed by atoms with Crippen molar-refractivity contribution in [3.05, 3.63) is 23.8 Å². The Morgan fingerprint density at radius 3 is 2.56 bits per heavy atom. The molecule has 0 fully saturated rings. The quantitative estimate of drug-likeness (QED) is 0.461. The SMILES string of the molecule is C[C@@H]1CCCCO[C@H](CN(C)S(C)(=O)=O)[C@@H](C)CN([C@@H](C)CO)C(=O)c2cc(NC(=O)CCC(F)(F)F)ccc2O1. The van der Waals surface area contributed by atoms with Crippen LogP contribution in [0.2, 0.25) is 0 Å². The van der Waals surface area contributed by atoms with E-state index in [9.17, 15) is 36.3 Å². The van der Waals surface area contributed by atoms with Crippen LogP contribution in [0.5, 0.6) is 5.75 Å². The lowest BCUT2D eigenvalue weighted by Crippen LogP contribution is -2.47. The Morgan fingerprint density at radius 2 is 1.95 bits per heavy atom. The molecule has 0 saturated heterocycles. The van der Waals surface area contributed by atoms with Crippen LogP contribution in [-0.2, 0) is 19.6 Å².